The molecule has 0 aromatic carbocycles. The average Bonchev–Trinajstić information content (AvgIpc) is 2.35. The summed E-state index contributed by atoms with van der Waals surface area (Å²) in [4.78, 5) is 14.8. The van der Waals surface area contributed by atoms with Crippen molar-refractivity contribution in [3.05, 3.63) is 0 Å². The van der Waals surface area contributed by atoms with E-state index in [2.05, 4.69) is 32.6 Å². The maximum Gasteiger partial charge on any atom is 0.230 e. The van der Waals surface area contributed by atoms with E-state index in [4.69, 9.17) is 5.73 Å². The van der Waals surface area contributed by atoms with Crippen molar-refractivity contribution in [2.24, 2.45) is 17.1 Å². The number of likely N-dealkylation sites (tertiary alicyclic amines) is 1. The predicted molar refractivity (Wildman–Crippen MR) is 71.6 cm³/mol. The zero-order valence-electron chi connectivity index (χ0n) is 11.8. The van der Waals surface area contributed by atoms with E-state index in [0.29, 0.717) is 18.5 Å². The van der Waals surface area contributed by atoms with Gasteiger partial charge in [0.05, 0.1) is 5.41 Å². The third-order valence-corrected chi connectivity index (χ3v) is 4.58. The minimum atomic E-state index is -0.328. The molecule has 3 nitrogen and oxygen atoms in total. The lowest BCUT2D eigenvalue weighted by Crippen LogP contribution is -2.53. The number of hydrogen-bond donors (Lipinski definition) is 1. The molecule has 100 valence electrons. The largest absolute Gasteiger partial charge is 0.339 e. The molecule has 2 N–H and O–H groups in total. The number of carbonyl (C=O) groups excluding carboxylic acids is 1. The highest BCUT2D eigenvalue weighted by molar-refractivity contribution is 5.83. The van der Waals surface area contributed by atoms with Gasteiger partial charge in [-0.15, -0.1) is 0 Å². The number of amides is 1. The van der Waals surface area contributed by atoms with Crippen LogP contribution in [0.25, 0.3) is 0 Å². The molecule has 0 saturated carbocycles. The van der Waals surface area contributed by atoms with Crippen molar-refractivity contribution in [2.45, 2.75) is 59.4 Å². The molecule has 1 amide bonds. The number of rotatable bonds is 4. The van der Waals surface area contributed by atoms with Crippen molar-refractivity contribution < 1.29 is 4.79 Å². The van der Waals surface area contributed by atoms with Gasteiger partial charge in [-0.05, 0) is 38.5 Å². The molecule has 2 atom stereocenters. The molecule has 0 spiro atoms. The van der Waals surface area contributed by atoms with Crippen LogP contribution in [0.5, 0.6) is 0 Å². The monoisotopic (exact) mass is 240 g/mol. The Labute approximate surface area is 106 Å². The summed E-state index contributed by atoms with van der Waals surface area (Å²) in [7, 11) is 0. The molecule has 0 aromatic heterocycles. The maximum absolute atomic E-state index is 12.7. The quantitative estimate of drug-likeness (QED) is 0.820. The van der Waals surface area contributed by atoms with Crippen LogP contribution in [0.1, 0.15) is 53.4 Å². The van der Waals surface area contributed by atoms with Gasteiger partial charge in [-0.25, -0.2) is 0 Å². The van der Waals surface area contributed by atoms with E-state index < -0.39 is 0 Å². The van der Waals surface area contributed by atoms with Crippen LogP contribution in [0.15, 0.2) is 0 Å². The van der Waals surface area contributed by atoms with Crippen LogP contribution in [-0.2, 0) is 4.79 Å². The first-order chi connectivity index (χ1) is 8.00. The zero-order chi connectivity index (χ0) is 13.1. The molecular weight excluding hydrogens is 212 g/mol. The summed E-state index contributed by atoms with van der Waals surface area (Å²) in [6.07, 6.45) is 4.05. The van der Waals surface area contributed by atoms with Gasteiger partial charge in [0.15, 0.2) is 0 Å². The third kappa shape index (κ3) is 2.82. The van der Waals surface area contributed by atoms with Gasteiger partial charge >= 0.3 is 0 Å². The van der Waals surface area contributed by atoms with Crippen LogP contribution in [-0.4, -0.2) is 29.9 Å². The summed E-state index contributed by atoms with van der Waals surface area (Å²) in [5.74, 6) is 0.906. The standard InChI is InChI=1S/C14H28N2O/c1-5-14(6-2,10-15)13(17)16-9-11(3)7-8-12(16)4/h11-12H,5-10,15H2,1-4H3. The number of nitrogens with two attached hydrogens (primary N) is 1. The Morgan fingerprint density at radius 3 is 2.35 bits per heavy atom. The van der Waals surface area contributed by atoms with Crippen LogP contribution < -0.4 is 5.73 Å². The fourth-order valence-corrected chi connectivity index (χ4v) is 2.80. The molecule has 1 fully saturated rings. The lowest BCUT2D eigenvalue weighted by molar-refractivity contribution is -0.146. The fraction of sp³-hybridized carbons (Fsp3) is 0.929. The summed E-state index contributed by atoms with van der Waals surface area (Å²) in [5, 5.41) is 0. The van der Waals surface area contributed by atoms with Gasteiger partial charge in [0.1, 0.15) is 0 Å². The number of carbonyl (C=O) groups is 1. The van der Waals surface area contributed by atoms with E-state index in [0.717, 1.165) is 25.8 Å². The Morgan fingerprint density at radius 2 is 1.88 bits per heavy atom. The molecule has 1 heterocycles. The topological polar surface area (TPSA) is 46.3 Å². The molecule has 1 aliphatic rings. The Balaban J connectivity index is 2.85. The Hall–Kier alpha value is -0.570. The molecule has 0 bridgehead atoms. The molecule has 0 aliphatic carbocycles. The van der Waals surface area contributed by atoms with Crippen LogP contribution in [0, 0.1) is 11.3 Å². The minimum absolute atomic E-state index is 0.282. The molecule has 0 radical (unpaired) electrons. The molecule has 2 unspecified atom stereocenters. The van der Waals surface area contributed by atoms with Gasteiger partial charge in [0.2, 0.25) is 5.91 Å². The van der Waals surface area contributed by atoms with Crippen LogP contribution in [0.4, 0.5) is 0 Å². The first-order valence-electron chi connectivity index (χ1n) is 7.01. The predicted octanol–water partition coefficient (Wildman–Crippen LogP) is 2.40. The van der Waals surface area contributed by atoms with Gasteiger partial charge in [-0.1, -0.05) is 20.8 Å². The highest BCUT2D eigenvalue weighted by Gasteiger charge is 2.39. The Kier molecular flexibility index (Phi) is 4.99. The Bertz CT molecular complexity index is 253. The normalized spacial score (nSPS) is 26.1. The van der Waals surface area contributed by atoms with Crippen LogP contribution in [0.3, 0.4) is 0 Å². The summed E-state index contributed by atoms with van der Waals surface area (Å²) < 4.78 is 0. The van der Waals surface area contributed by atoms with Gasteiger partial charge in [0, 0.05) is 19.1 Å². The average molecular weight is 240 g/mol. The lowest BCUT2D eigenvalue weighted by Gasteiger charge is -2.42. The molecular formula is C14H28N2O. The fourth-order valence-electron chi connectivity index (χ4n) is 2.80. The molecule has 17 heavy (non-hydrogen) atoms. The summed E-state index contributed by atoms with van der Waals surface area (Å²) in [5.41, 5.74) is 5.54. The number of piperidine rings is 1. The molecule has 1 rings (SSSR count). The Morgan fingerprint density at radius 1 is 1.29 bits per heavy atom. The van der Waals surface area contributed by atoms with Gasteiger partial charge in [-0.2, -0.15) is 0 Å². The first kappa shape index (κ1) is 14.5. The van der Waals surface area contributed by atoms with Crippen molar-refractivity contribution in [2.75, 3.05) is 13.1 Å². The second kappa shape index (κ2) is 5.85. The first-order valence-corrected chi connectivity index (χ1v) is 7.01. The maximum atomic E-state index is 12.7. The van der Waals surface area contributed by atoms with Gasteiger partial charge in [-0.3, -0.25) is 4.79 Å². The highest BCUT2D eigenvalue weighted by atomic mass is 16.2. The van der Waals surface area contributed by atoms with Crippen LogP contribution in [0.2, 0.25) is 0 Å². The smallest absolute Gasteiger partial charge is 0.230 e. The van der Waals surface area contributed by atoms with E-state index in [-0.39, 0.29) is 11.3 Å². The molecule has 1 saturated heterocycles. The second-order valence-corrected chi connectivity index (χ2v) is 5.68. The van der Waals surface area contributed by atoms with E-state index >= 15 is 0 Å². The van der Waals surface area contributed by atoms with Crippen molar-refractivity contribution in [3.63, 3.8) is 0 Å². The highest BCUT2D eigenvalue weighted by Crippen LogP contribution is 2.32. The van der Waals surface area contributed by atoms with Gasteiger partial charge in [0.25, 0.3) is 0 Å². The summed E-state index contributed by atoms with van der Waals surface area (Å²) in [6, 6.07) is 0.378. The van der Waals surface area contributed by atoms with Gasteiger partial charge < -0.3 is 10.6 Å². The third-order valence-electron chi connectivity index (χ3n) is 4.58. The molecule has 0 aromatic rings. The second-order valence-electron chi connectivity index (χ2n) is 5.68. The van der Waals surface area contributed by atoms with Crippen molar-refractivity contribution in [3.8, 4) is 0 Å². The minimum Gasteiger partial charge on any atom is -0.339 e. The summed E-state index contributed by atoms with van der Waals surface area (Å²) in [6.45, 7) is 9.92. The van der Waals surface area contributed by atoms with E-state index in [1.807, 2.05) is 0 Å². The van der Waals surface area contributed by atoms with Crippen molar-refractivity contribution >= 4 is 5.91 Å². The van der Waals surface area contributed by atoms with Crippen LogP contribution >= 0.6 is 0 Å². The zero-order valence-corrected chi connectivity index (χ0v) is 11.8. The van der Waals surface area contributed by atoms with E-state index in [1.54, 1.807) is 0 Å². The number of hydrogen-bond acceptors (Lipinski definition) is 2. The van der Waals surface area contributed by atoms with Crippen molar-refractivity contribution in [1.29, 1.82) is 0 Å². The molecule has 3 heteroatoms. The number of nitrogens with zero attached hydrogens (tertiary/aromatic N) is 1. The van der Waals surface area contributed by atoms with Crippen molar-refractivity contribution in [1.82, 2.24) is 4.90 Å². The summed E-state index contributed by atoms with van der Waals surface area (Å²) >= 11 is 0. The lowest BCUT2D eigenvalue weighted by atomic mass is 9.79. The van der Waals surface area contributed by atoms with E-state index in [1.165, 1.54) is 6.42 Å². The molecule has 1 aliphatic heterocycles. The van der Waals surface area contributed by atoms with E-state index in [9.17, 15) is 4.79 Å². The SMILES string of the molecule is CCC(CC)(CN)C(=O)N1CC(C)CCC1C.